The highest BCUT2D eigenvalue weighted by Crippen LogP contribution is 2.38. The average molecular weight is 422 g/mol. The van der Waals surface area contributed by atoms with Gasteiger partial charge in [-0.2, -0.15) is 0 Å². The third kappa shape index (κ3) is 6.17. The fraction of sp³-hybridized carbons (Fsp3) is 0.381. The van der Waals surface area contributed by atoms with Crippen LogP contribution in [0.5, 0.6) is 17.2 Å². The summed E-state index contributed by atoms with van der Waals surface area (Å²) in [5.74, 6) is 2.41. The summed E-state index contributed by atoms with van der Waals surface area (Å²) in [7, 11) is 8.15. The van der Waals surface area contributed by atoms with Crippen molar-refractivity contribution >= 4 is 17.6 Å². The van der Waals surface area contributed by atoms with Gasteiger partial charge >= 0.3 is 0 Å². The van der Waals surface area contributed by atoms with Gasteiger partial charge in [0.15, 0.2) is 17.5 Å². The minimum atomic E-state index is -0.159. The average Bonchev–Trinajstić information content (AvgIpc) is 2.75. The molecule has 7 nitrogen and oxygen atoms in total. The number of hydrogen-bond donors (Lipinski definition) is 2. The number of nitrogens with zero attached hydrogens (tertiary/aromatic N) is 1. The first-order valence-electron chi connectivity index (χ1n) is 9.07. The molecule has 2 rings (SSSR count). The van der Waals surface area contributed by atoms with E-state index in [0.717, 1.165) is 11.1 Å². The maximum Gasteiger partial charge on any atom is 0.203 e. The lowest BCUT2D eigenvalue weighted by atomic mass is 10.1. The highest BCUT2D eigenvalue weighted by Gasteiger charge is 2.14. The molecule has 0 aliphatic rings. The molecular weight excluding hydrogens is 394 g/mol. The maximum absolute atomic E-state index is 6.08. The molecule has 2 aromatic rings. The number of ether oxygens (including phenoxy) is 4. The number of halogens is 1. The highest BCUT2D eigenvalue weighted by molar-refractivity contribution is 6.30. The molecule has 1 unspecified atom stereocenters. The Morgan fingerprint density at radius 1 is 1.00 bits per heavy atom. The van der Waals surface area contributed by atoms with Crippen molar-refractivity contribution in [3.63, 3.8) is 0 Å². The lowest BCUT2D eigenvalue weighted by Crippen LogP contribution is -2.39. The van der Waals surface area contributed by atoms with E-state index in [4.69, 9.17) is 30.5 Å². The van der Waals surface area contributed by atoms with E-state index in [2.05, 4.69) is 15.6 Å². The zero-order chi connectivity index (χ0) is 21.2. The molecule has 8 heteroatoms. The molecule has 158 valence electrons. The first kappa shape index (κ1) is 22.6. The molecule has 0 radical (unpaired) electrons. The van der Waals surface area contributed by atoms with E-state index in [0.29, 0.717) is 41.3 Å². The van der Waals surface area contributed by atoms with Crippen LogP contribution >= 0.6 is 11.6 Å². The first-order chi connectivity index (χ1) is 14.1. The molecule has 0 aliphatic carbocycles. The molecule has 0 heterocycles. The molecule has 0 spiro atoms. The standard InChI is InChI=1S/C21H28ClN3O4/c1-23-21(25-13-19(28-4)15-7-6-8-16(22)11-15)24-12-14-9-17(26-2)20(29-5)18(10-14)27-3/h6-11,19H,12-13H2,1-5H3,(H2,23,24,25). The molecule has 0 saturated carbocycles. The van der Waals surface area contributed by atoms with Crippen molar-refractivity contribution in [2.24, 2.45) is 4.99 Å². The summed E-state index contributed by atoms with van der Waals surface area (Å²) in [5, 5.41) is 7.22. The quantitative estimate of drug-likeness (QED) is 0.477. The Bertz CT molecular complexity index is 804. The van der Waals surface area contributed by atoms with Gasteiger partial charge in [-0.15, -0.1) is 0 Å². The number of nitrogens with one attached hydrogen (secondary N) is 2. The van der Waals surface area contributed by atoms with Gasteiger partial charge in [-0.1, -0.05) is 23.7 Å². The van der Waals surface area contributed by atoms with Gasteiger partial charge in [0.05, 0.1) is 27.4 Å². The van der Waals surface area contributed by atoms with Crippen LogP contribution in [0.25, 0.3) is 0 Å². The molecule has 0 aliphatic heterocycles. The van der Waals surface area contributed by atoms with Gasteiger partial charge in [0.25, 0.3) is 0 Å². The number of methoxy groups -OCH3 is 4. The molecule has 1 atom stereocenters. The van der Waals surface area contributed by atoms with Gasteiger partial charge in [-0.05, 0) is 35.4 Å². The number of rotatable bonds is 9. The topological polar surface area (TPSA) is 73.3 Å². The second kappa shape index (κ2) is 11.4. The Hall–Kier alpha value is -2.64. The molecule has 0 bridgehead atoms. The van der Waals surface area contributed by atoms with Gasteiger partial charge in [0.2, 0.25) is 5.75 Å². The first-order valence-corrected chi connectivity index (χ1v) is 9.45. The van der Waals surface area contributed by atoms with E-state index in [1.807, 2.05) is 36.4 Å². The Morgan fingerprint density at radius 2 is 1.69 bits per heavy atom. The summed E-state index contributed by atoms with van der Waals surface area (Å²) in [6.07, 6.45) is -0.159. The van der Waals surface area contributed by atoms with E-state index in [1.54, 1.807) is 35.5 Å². The molecule has 29 heavy (non-hydrogen) atoms. The molecular formula is C21H28ClN3O4. The number of aliphatic imine (C=N–C) groups is 1. The van der Waals surface area contributed by atoms with Gasteiger partial charge in [-0.25, -0.2) is 0 Å². The molecule has 0 fully saturated rings. The largest absolute Gasteiger partial charge is 0.493 e. The van der Waals surface area contributed by atoms with Crippen molar-refractivity contribution in [1.82, 2.24) is 10.6 Å². The van der Waals surface area contributed by atoms with Crippen LogP contribution in [0.4, 0.5) is 0 Å². The summed E-state index contributed by atoms with van der Waals surface area (Å²) in [4.78, 5) is 4.27. The third-order valence-electron chi connectivity index (χ3n) is 4.37. The maximum atomic E-state index is 6.08. The highest BCUT2D eigenvalue weighted by atomic mass is 35.5. The lowest BCUT2D eigenvalue weighted by molar-refractivity contribution is 0.106. The van der Waals surface area contributed by atoms with Crippen LogP contribution in [0.15, 0.2) is 41.4 Å². The summed E-state index contributed by atoms with van der Waals surface area (Å²) in [5.41, 5.74) is 1.95. The summed E-state index contributed by atoms with van der Waals surface area (Å²) >= 11 is 6.08. The van der Waals surface area contributed by atoms with Gasteiger partial charge in [0, 0.05) is 32.3 Å². The van der Waals surface area contributed by atoms with Crippen molar-refractivity contribution in [2.45, 2.75) is 12.6 Å². The number of hydrogen-bond acceptors (Lipinski definition) is 5. The molecule has 0 saturated heterocycles. The van der Waals surface area contributed by atoms with Crippen LogP contribution in [0.2, 0.25) is 5.02 Å². The zero-order valence-electron chi connectivity index (χ0n) is 17.4. The fourth-order valence-electron chi connectivity index (χ4n) is 2.88. The second-order valence-corrected chi connectivity index (χ2v) is 6.56. The van der Waals surface area contributed by atoms with Crippen molar-refractivity contribution in [3.05, 3.63) is 52.5 Å². The van der Waals surface area contributed by atoms with Crippen LogP contribution in [-0.2, 0) is 11.3 Å². The third-order valence-corrected chi connectivity index (χ3v) is 4.60. The van der Waals surface area contributed by atoms with Crippen LogP contribution in [-0.4, -0.2) is 48.0 Å². The second-order valence-electron chi connectivity index (χ2n) is 6.12. The lowest BCUT2D eigenvalue weighted by Gasteiger charge is -2.19. The van der Waals surface area contributed by atoms with Crippen molar-refractivity contribution in [3.8, 4) is 17.2 Å². The normalized spacial score (nSPS) is 12.3. The Labute approximate surface area is 177 Å². The zero-order valence-corrected chi connectivity index (χ0v) is 18.2. The van der Waals surface area contributed by atoms with Crippen LogP contribution in [0.3, 0.4) is 0 Å². The van der Waals surface area contributed by atoms with E-state index in [-0.39, 0.29) is 6.10 Å². The van der Waals surface area contributed by atoms with Gasteiger partial charge < -0.3 is 29.6 Å². The number of benzene rings is 2. The summed E-state index contributed by atoms with van der Waals surface area (Å²) in [6, 6.07) is 11.4. The SMILES string of the molecule is CN=C(NCc1cc(OC)c(OC)c(OC)c1)NCC(OC)c1cccc(Cl)c1. The van der Waals surface area contributed by atoms with Crippen molar-refractivity contribution in [2.75, 3.05) is 42.0 Å². The summed E-state index contributed by atoms with van der Waals surface area (Å²) in [6.45, 7) is 1.05. The monoisotopic (exact) mass is 421 g/mol. The minimum Gasteiger partial charge on any atom is -0.493 e. The minimum absolute atomic E-state index is 0.159. The predicted octanol–water partition coefficient (Wildman–Crippen LogP) is 3.42. The molecule has 2 aromatic carbocycles. The van der Waals surface area contributed by atoms with Crippen LogP contribution < -0.4 is 24.8 Å². The number of guanidine groups is 1. The van der Waals surface area contributed by atoms with E-state index in [9.17, 15) is 0 Å². The van der Waals surface area contributed by atoms with Crippen molar-refractivity contribution < 1.29 is 18.9 Å². The summed E-state index contributed by atoms with van der Waals surface area (Å²) < 4.78 is 21.7. The molecule has 0 aromatic heterocycles. The van der Waals surface area contributed by atoms with Crippen LogP contribution in [0.1, 0.15) is 17.2 Å². The fourth-order valence-corrected chi connectivity index (χ4v) is 3.08. The van der Waals surface area contributed by atoms with E-state index in [1.165, 1.54) is 0 Å². The van der Waals surface area contributed by atoms with Gasteiger partial charge in [-0.3, -0.25) is 4.99 Å². The Balaban J connectivity index is 2.02. The van der Waals surface area contributed by atoms with Gasteiger partial charge in [0.1, 0.15) is 0 Å². The Kier molecular flexibility index (Phi) is 8.89. The van der Waals surface area contributed by atoms with E-state index < -0.39 is 0 Å². The van der Waals surface area contributed by atoms with Crippen molar-refractivity contribution in [1.29, 1.82) is 0 Å². The Morgan fingerprint density at radius 3 is 2.21 bits per heavy atom. The molecule has 0 amide bonds. The molecule has 2 N–H and O–H groups in total. The predicted molar refractivity (Wildman–Crippen MR) is 116 cm³/mol. The smallest absolute Gasteiger partial charge is 0.203 e. The van der Waals surface area contributed by atoms with Crippen LogP contribution in [0, 0.1) is 0 Å². The van der Waals surface area contributed by atoms with E-state index >= 15 is 0 Å².